The average Bonchev–Trinajstić information content (AvgIpc) is 2.68. The maximum Gasteiger partial charge on any atom is 0.127 e. The molecule has 5 heteroatoms. The molecule has 3 aromatic carbocycles. The molecule has 1 aliphatic heterocycles. The molecule has 0 saturated carbocycles. The van der Waals surface area contributed by atoms with Gasteiger partial charge in [0.1, 0.15) is 11.9 Å². The van der Waals surface area contributed by atoms with Gasteiger partial charge in [-0.15, -0.1) is 0 Å². The molecule has 2 unspecified atom stereocenters. The number of aryl methyl sites for hydroxylation is 1. The molecule has 3 aromatic rings. The molecule has 0 saturated heterocycles. The second kappa shape index (κ2) is 7.96. The van der Waals surface area contributed by atoms with Crippen molar-refractivity contribution in [2.75, 3.05) is 0 Å². The van der Waals surface area contributed by atoms with E-state index >= 15 is 0 Å². The van der Waals surface area contributed by atoms with E-state index in [0.29, 0.717) is 16.5 Å². The van der Waals surface area contributed by atoms with Gasteiger partial charge < -0.3 is 5.11 Å². The molecule has 142 valence electrons. The number of nitrogens with one attached hydrogen (secondary N) is 1. The zero-order valence-corrected chi connectivity index (χ0v) is 16.9. The minimum atomic E-state index is -0.334. The molecule has 0 fully saturated rings. The highest BCUT2D eigenvalue weighted by molar-refractivity contribution is 6.35. The number of aromatic hydroxyl groups is 1. The number of phenols is 1. The van der Waals surface area contributed by atoms with Crippen molar-refractivity contribution in [3.05, 3.63) is 99.0 Å². The molecule has 2 N–H and O–H groups in total. The molecular formula is C23H20Cl2N2O. The van der Waals surface area contributed by atoms with E-state index in [-0.39, 0.29) is 18.0 Å². The summed E-state index contributed by atoms with van der Waals surface area (Å²) in [5.41, 5.74) is 4.95. The van der Waals surface area contributed by atoms with Gasteiger partial charge in [-0.25, -0.2) is 0 Å². The van der Waals surface area contributed by atoms with E-state index in [4.69, 9.17) is 28.2 Å². The van der Waals surface area contributed by atoms with Crippen molar-refractivity contribution in [2.24, 2.45) is 4.99 Å². The zero-order chi connectivity index (χ0) is 19.7. The molecule has 0 radical (unpaired) electrons. The Labute approximate surface area is 174 Å². The number of para-hydroxylation sites is 1. The molecule has 0 bridgehead atoms. The molecule has 0 spiro atoms. The first-order chi connectivity index (χ1) is 13.5. The van der Waals surface area contributed by atoms with E-state index in [9.17, 15) is 5.11 Å². The van der Waals surface area contributed by atoms with Crippen LogP contribution in [-0.4, -0.2) is 10.8 Å². The van der Waals surface area contributed by atoms with Gasteiger partial charge in [0, 0.05) is 39.3 Å². The highest BCUT2D eigenvalue weighted by atomic mass is 35.5. The van der Waals surface area contributed by atoms with Gasteiger partial charge in [-0.3, -0.25) is 10.3 Å². The quantitative estimate of drug-likeness (QED) is 0.537. The van der Waals surface area contributed by atoms with E-state index in [0.717, 1.165) is 22.4 Å². The third-order valence-corrected chi connectivity index (χ3v) is 5.56. The molecule has 0 aromatic heterocycles. The fraction of sp³-hybridized carbons (Fsp3) is 0.174. The lowest BCUT2D eigenvalue weighted by molar-refractivity contribution is 0.413. The summed E-state index contributed by atoms with van der Waals surface area (Å²) in [6.07, 6.45) is 0.335. The van der Waals surface area contributed by atoms with Crippen molar-refractivity contribution >= 4 is 28.9 Å². The predicted octanol–water partition coefficient (Wildman–Crippen LogP) is 6.23. The lowest BCUT2D eigenvalue weighted by atomic mass is 9.93. The van der Waals surface area contributed by atoms with Crippen molar-refractivity contribution in [3.63, 3.8) is 0 Å². The standard InChI is InChI=1S/C23H20Cl2N2O/c1-14-6-8-15(9-7-14)20-13-21(18-4-2-3-5-22(18)28)27-23(26-20)17-11-10-16(24)12-19(17)25/h2-12,21,23,27-28H,13H2,1H3. The van der Waals surface area contributed by atoms with Crippen LogP contribution < -0.4 is 5.32 Å². The average molecular weight is 411 g/mol. The Morgan fingerprint density at radius 1 is 0.964 bits per heavy atom. The van der Waals surface area contributed by atoms with Crippen molar-refractivity contribution in [3.8, 4) is 5.75 Å². The van der Waals surface area contributed by atoms with Gasteiger partial charge in [-0.2, -0.15) is 0 Å². The Morgan fingerprint density at radius 2 is 1.71 bits per heavy atom. The molecule has 0 amide bonds. The molecule has 1 aliphatic rings. The summed E-state index contributed by atoms with van der Waals surface area (Å²) in [7, 11) is 0. The van der Waals surface area contributed by atoms with Gasteiger partial charge in [0.05, 0.1) is 0 Å². The number of rotatable bonds is 3. The van der Waals surface area contributed by atoms with E-state index in [1.807, 2.05) is 30.3 Å². The van der Waals surface area contributed by atoms with Crippen LogP contribution in [-0.2, 0) is 0 Å². The first-order valence-corrected chi connectivity index (χ1v) is 9.89. The molecule has 3 nitrogen and oxygen atoms in total. The Bertz CT molecular complexity index is 1030. The SMILES string of the molecule is Cc1ccc(C2=NC(c3ccc(Cl)cc3Cl)NC(c3ccccc3O)C2)cc1. The minimum absolute atomic E-state index is 0.0910. The van der Waals surface area contributed by atoms with Crippen LogP contribution in [0.2, 0.25) is 10.0 Å². The summed E-state index contributed by atoms with van der Waals surface area (Å²) in [6, 6.07) is 21.1. The van der Waals surface area contributed by atoms with E-state index < -0.39 is 0 Å². The second-order valence-corrected chi connectivity index (χ2v) is 7.84. The molecule has 2 atom stereocenters. The topological polar surface area (TPSA) is 44.6 Å². The lowest BCUT2D eigenvalue weighted by Crippen LogP contribution is -2.33. The largest absolute Gasteiger partial charge is 0.508 e. The fourth-order valence-electron chi connectivity index (χ4n) is 3.49. The summed E-state index contributed by atoms with van der Waals surface area (Å²) < 4.78 is 0. The maximum absolute atomic E-state index is 10.4. The highest BCUT2D eigenvalue weighted by Crippen LogP contribution is 2.36. The second-order valence-electron chi connectivity index (χ2n) is 6.99. The number of hydrogen-bond donors (Lipinski definition) is 2. The van der Waals surface area contributed by atoms with Crippen LogP contribution in [0.4, 0.5) is 0 Å². The summed E-state index contributed by atoms with van der Waals surface area (Å²) in [5.74, 6) is 0.270. The van der Waals surface area contributed by atoms with Gasteiger partial charge in [-0.1, -0.05) is 77.3 Å². The molecule has 1 heterocycles. The van der Waals surface area contributed by atoms with E-state index in [1.54, 1.807) is 12.1 Å². The monoisotopic (exact) mass is 410 g/mol. The first-order valence-electron chi connectivity index (χ1n) is 9.14. The number of halogens is 2. The Morgan fingerprint density at radius 3 is 2.43 bits per heavy atom. The van der Waals surface area contributed by atoms with Crippen molar-refractivity contribution in [1.29, 1.82) is 0 Å². The van der Waals surface area contributed by atoms with Crippen LogP contribution in [0.25, 0.3) is 0 Å². The van der Waals surface area contributed by atoms with Crippen LogP contribution in [0, 0.1) is 6.92 Å². The van der Waals surface area contributed by atoms with Crippen LogP contribution in [0.5, 0.6) is 5.75 Å². The smallest absolute Gasteiger partial charge is 0.127 e. The Balaban J connectivity index is 1.78. The summed E-state index contributed by atoms with van der Waals surface area (Å²) >= 11 is 12.5. The normalized spacial score (nSPS) is 19.3. The third kappa shape index (κ3) is 3.93. The van der Waals surface area contributed by atoms with Gasteiger partial charge in [0.25, 0.3) is 0 Å². The minimum Gasteiger partial charge on any atom is -0.508 e. The van der Waals surface area contributed by atoms with Gasteiger partial charge in [0.2, 0.25) is 0 Å². The fourth-order valence-corrected chi connectivity index (χ4v) is 4.00. The molecule has 28 heavy (non-hydrogen) atoms. The highest BCUT2D eigenvalue weighted by Gasteiger charge is 2.28. The van der Waals surface area contributed by atoms with Crippen molar-refractivity contribution < 1.29 is 5.11 Å². The van der Waals surface area contributed by atoms with Crippen LogP contribution in [0.3, 0.4) is 0 Å². The number of nitrogens with zero attached hydrogens (tertiary/aromatic N) is 1. The number of hydrogen-bond acceptors (Lipinski definition) is 3. The van der Waals surface area contributed by atoms with Crippen LogP contribution in [0.15, 0.2) is 71.7 Å². The van der Waals surface area contributed by atoms with Crippen molar-refractivity contribution in [2.45, 2.75) is 25.6 Å². The van der Waals surface area contributed by atoms with Crippen LogP contribution in [0.1, 0.15) is 40.9 Å². The van der Waals surface area contributed by atoms with Gasteiger partial charge in [-0.05, 0) is 30.7 Å². The van der Waals surface area contributed by atoms with E-state index in [1.165, 1.54) is 5.56 Å². The zero-order valence-electron chi connectivity index (χ0n) is 15.4. The summed E-state index contributed by atoms with van der Waals surface area (Å²) in [4.78, 5) is 4.94. The molecule has 0 aliphatic carbocycles. The lowest BCUT2D eigenvalue weighted by Gasteiger charge is -2.31. The summed E-state index contributed by atoms with van der Waals surface area (Å²) in [5, 5.41) is 15.1. The van der Waals surface area contributed by atoms with Gasteiger partial charge >= 0.3 is 0 Å². The molecular weight excluding hydrogens is 391 g/mol. The summed E-state index contributed by atoms with van der Waals surface area (Å²) in [6.45, 7) is 2.06. The Hall–Kier alpha value is -2.33. The van der Waals surface area contributed by atoms with Crippen molar-refractivity contribution in [1.82, 2.24) is 5.32 Å². The van der Waals surface area contributed by atoms with E-state index in [2.05, 4.69) is 36.5 Å². The first kappa shape index (κ1) is 19.0. The van der Waals surface area contributed by atoms with Crippen LogP contribution >= 0.6 is 23.2 Å². The number of aliphatic imine (C=N–C) groups is 1. The predicted molar refractivity (Wildman–Crippen MR) is 116 cm³/mol. The maximum atomic E-state index is 10.4. The van der Waals surface area contributed by atoms with Gasteiger partial charge in [0.15, 0.2) is 0 Å². The number of benzene rings is 3. The Kier molecular flexibility index (Phi) is 5.40. The molecule has 4 rings (SSSR count). The third-order valence-electron chi connectivity index (χ3n) is 5.00. The number of phenolic OH excluding ortho intramolecular Hbond substituents is 1.